The van der Waals surface area contributed by atoms with E-state index in [-0.39, 0.29) is 11.6 Å². The Morgan fingerprint density at radius 2 is 2.11 bits per heavy atom. The number of nitro benzene ring substituents is 1. The van der Waals surface area contributed by atoms with Gasteiger partial charge in [0, 0.05) is 18.6 Å². The highest BCUT2D eigenvalue weighted by atomic mass is 32.1. The molecule has 1 aromatic heterocycles. The minimum absolute atomic E-state index is 0.0128. The lowest BCUT2D eigenvalue weighted by Crippen LogP contribution is -2.11. The predicted molar refractivity (Wildman–Crippen MR) is 106 cm³/mol. The van der Waals surface area contributed by atoms with Crippen molar-refractivity contribution >= 4 is 38.3 Å². The van der Waals surface area contributed by atoms with Crippen LogP contribution < -0.4 is 10.1 Å². The lowest BCUT2D eigenvalue weighted by atomic mass is 10.0. The smallest absolute Gasteiger partial charge is 0.270 e. The van der Waals surface area contributed by atoms with Crippen LogP contribution in [0.2, 0.25) is 0 Å². The Morgan fingerprint density at radius 1 is 1.30 bits per heavy atom. The molecule has 0 atom stereocenters. The third-order valence-electron chi connectivity index (χ3n) is 4.16. The van der Waals surface area contributed by atoms with Gasteiger partial charge in [-0.1, -0.05) is 23.5 Å². The summed E-state index contributed by atoms with van der Waals surface area (Å²) in [5.41, 5.74) is 2.88. The quantitative estimate of drug-likeness (QED) is 0.478. The Bertz CT molecular complexity index is 1000. The molecule has 0 spiro atoms. The molecule has 0 bridgehead atoms. The fourth-order valence-corrected chi connectivity index (χ4v) is 3.73. The van der Waals surface area contributed by atoms with Gasteiger partial charge in [0.2, 0.25) is 5.91 Å². The summed E-state index contributed by atoms with van der Waals surface area (Å²) < 4.78 is 5.92. The fourth-order valence-electron chi connectivity index (χ4n) is 2.81. The third kappa shape index (κ3) is 4.59. The van der Waals surface area contributed by atoms with Crippen LogP contribution in [-0.4, -0.2) is 22.9 Å². The van der Waals surface area contributed by atoms with Gasteiger partial charge >= 0.3 is 0 Å². The van der Waals surface area contributed by atoms with Crippen LogP contribution in [-0.2, 0) is 11.2 Å². The second kappa shape index (κ2) is 8.13. The highest BCUT2D eigenvalue weighted by Crippen LogP contribution is 2.29. The number of hydrogen-bond acceptors (Lipinski definition) is 6. The Labute approximate surface area is 160 Å². The first-order valence-electron chi connectivity index (χ1n) is 8.44. The third-order valence-corrected chi connectivity index (χ3v) is 5.09. The lowest BCUT2D eigenvalue weighted by molar-refractivity contribution is -0.384. The maximum absolute atomic E-state index is 12.1. The van der Waals surface area contributed by atoms with Crippen molar-refractivity contribution in [2.24, 2.45) is 0 Å². The van der Waals surface area contributed by atoms with Gasteiger partial charge in [0.05, 0.1) is 22.2 Å². The van der Waals surface area contributed by atoms with Crippen molar-refractivity contribution in [2.75, 3.05) is 12.4 Å². The van der Waals surface area contributed by atoms with Crippen LogP contribution in [0.25, 0.3) is 10.2 Å². The first-order chi connectivity index (χ1) is 13.0. The van der Waals surface area contributed by atoms with Crippen molar-refractivity contribution in [1.29, 1.82) is 0 Å². The van der Waals surface area contributed by atoms with Crippen LogP contribution in [0, 0.1) is 17.0 Å². The predicted octanol–water partition coefficient (Wildman–Crippen LogP) is 4.48. The number of nitrogens with zero attached hydrogens (tertiary/aromatic N) is 2. The summed E-state index contributed by atoms with van der Waals surface area (Å²) in [7, 11) is 1.65. The Balaban J connectivity index is 1.55. The number of carbonyl (C=O) groups is 1. The number of nitrogens with one attached hydrogen (secondary N) is 1. The molecular formula is C19H19N3O4S. The molecule has 0 aliphatic carbocycles. The number of carbonyl (C=O) groups excluding carboxylic acids is 1. The molecule has 0 saturated heterocycles. The molecule has 3 aromatic rings. The van der Waals surface area contributed by atoms with Gasteiger partial charge < -0.3 is 10.1 Å². The number of nitro groups is 1. The maximum Gasteiger partial charge on any atom is 0.270 e. The summed E-state index contributed by atoms with van der Waals surface area (Å²) >= 11 is 1.23. The molecule has 0 unspecified atom stereocenters. The number of ether oxygens (including phenoxy) is 1. The summed E-state index contributed by atoms with van der Waals surface area (Å²) in [5, 5.41) is 14.1. The van der Waals surface area contributed by atoms with Crippen LogP contribution in [0.15, 0.2) is 36.4 Å². The van der Waals surface area contributed by atoms with E-state index in [1.807, 2.05) is 19.1 Å². The Hall–Kier alpha value is -3.00. The number of non-ortho nitro benzene ring substituents is 1. The lowest BCUT2D eigenvalue weighted by Gasteiger charge is -2.07. The molecular weight excluding hydrogens is 366 g/mol. The molecule has 8 heteroatoms. The molecule has 2 aromatic carbocycles. The first kappa shape index (κ1) is 18.8. The number of thiazole rings is 1. The second-order valence-electron chi connectivity index (χ2n) is 6.13. The molecule has 0 aliphatic heterocycles. The molecule has 1 N–H and O–H groups in total. The van der Waals surface area contributed by atoms with Crippen LogP contribution in [0.4, 0.5) is 10.8 Å². The van der Waals surface area contributed by atoms with Gasteiger partial charge in [-0.3, -0.25) is 14.9 Å². The van der Waals surface area contributed by atoms with Crippen LogP contribution in [0.1, 0.15) is 24.0 Å². The van der Waals surface area contributed by atoms with E-state index in [1.165, 1.54) is 23.5 Å². The number of amides is 1. The molecule has 0 radical (unpaired) electrons. The number of rotatable bonds is 7. The zero-order valence-corrected chi connectivity index (χ0v) is 15.8. The van der Waals surface area contributed by atoms with Gasteiger partial charge in [0.25, 0.3) is 5.69 Å². The van der Waals surface area contributed by atoms with Crippen molar-refractivity contribution in [1.82, 2.24) is 4.98 Å². The van der Waals surface area contributed by atoms with Gasteiger partial charge in [-0.25, -0.2) is 4.98 Å². The molecule has 3 rings (SSSR count). The Morgan fingerprint density at radius 3 is 2.81 bits per heavy atom. The molecule has 0 fully saturated rings. The Kier molecular flexibility index (Phi) is 5.66. The van der Waals surface area contributed by atoms with E-state index in [0.717, 1.165) is 23.3 Å². The number of hydrogen-bond donors (Lipinski definition) is 1. The normalized spacial score (nSPS) is 10.7. The van der Waals surface area contributed by atoms with Crippen molar-refractivity contribution in [3.63, 3.8) is 0 Å². The molecule has 7 nitrogen and oxygen atoms in total. The molecule has 1 heterocycles. The van der Waals surface area contributed by atoms with Gasteiger partial charge in [0.1, 0.15) is 5.75 Å². The van der Waals surface area contributed by atoms with E-state index in [1.54, 1.807) is 13.2 Å². The highest BCUT2D eigenvalue weighted by Gasteiger charge is 2.12. The highest BCUT2D eigenvalue weighted by molar-refractivity contribution is 7.22. The molecule has 0 saturated carbocycles. The maximum atomic E-state index is 12.1. The van der Waals surface area contributed by atoms with E-state index in [2.05, 4.69) is 16.4 Å². The molecule has 1 amide bonds. The topological polar surface area (TPSA) is 94.4 Å². The number of fused-ring (bicyclic) bond motifs is 1. The van der Waals surface area contributed by atoms with E-state index in [4.69, 9.17) is 4.74 Å². The number of anilines is 1. The van der Waals surface area contributed by atoms with E-state index in [0.29, 0.717) is 28.2 Å². The van der Waals surface area contributed by atoms with Gasteiger partial charge in [-0.15, -0.1) is 0 Å². The van der Waals surface area contributed by atoms with E-state index in [9.17, 15) is 14.9 Å². The van der Waals surface area contributed by atoms with Gasteiger partial charge in [0.15, 0.2) is 5.13 Å². The van der Waals surface area contributed by atoms with Crippen molar-refractivity contribution in [2.45, 2.75) is 26.2 Å². The molecule has 27 heavy (non-hydrogen) atoms. The number of aromatic nitrogens is 1. The molecule has 140 valence electrons. The summed E-state index contributed by atoms with van der Waals surface area (Å²) in [6.07, 6.45) is 1.89. The zero-order chi connectivity index (χ0) is 19.4. The van der Waals surface area contributed by atoms with E-state index < -0.39 is 4.92 Å². The summed E-state index contributed by atoms with van der Waals surface area (Å²) in [6, 6.07) is 10.5. The summed E-state index contributed by atoms with van der Waals surface area (Å²) in [4.78, 5) is 26.8. The van der Waals surface area contributed by atoms with Crippen LogP contribution >= 0.6 is 11.3 Å². The average Bonchev–Trinajstić information content (AvgIpc) is 3.03. The zero-order valence-electron chi connectivity index (χ0n) is 15.0. The summed E-state index contributed by atoms with van der Waals surface area (Å²) in [6.45, 7) is 1.99. The standard InChI is InChI=1S/C19H19N3O4S/c1-12-10-13(6-9-16(12)26-2)4-3-5-18(23)21-19-20-15-8-7-14(22(24)25)11-17(15)27-19/h6-11H,3-5H2,1-2H3,(H,20,21,23). The first-order valence-corrected chi connectivity index (χ1v) is 9.26. The van der Waals surface area contributed by atoms with Crippen LogP contribution in [0.3, 0.4) is 0 Å². The fraction of sp³-hybridized carbons (Fsp3) is 0.263. The van der Waals surface area contributed by atoms with Crippen LogP contribution in [0.5, 0.6) is 5.75 Å². The minimum atomic E-state index is -0.446. The van der Waals surface area contributed by atoms with E-state index >= 15 is 0 Å². The SMILES string of the molecule is COc1ccc(CCCC(=O)Nc2nc3ccc([N+](=O)[O-])cc3s2)cc1C. The number of aryl methyl sites for hydroxylation is 2. The average molecular weight is 385 g/mol. The molecule has 0 aliphatic rings. The minimum Gasteiger partial charge on any atom is -0.496 e. The second-order valence-corrected chi connectivity index (χ2v) is 7.16. The van der Waals surface area contributed by atoms with Gasteiger partial charge in [-0.2, -0.15) is 0 Å². The number of methoxy groups -OCH3 is 1. The summed E-state index contributed by atoms with van der Waals surface area (Å²) in [5.74, 6) is 0.737. The largest absolute Gasteiger partial charge is 0.496 e. The van der Waals surface area contributed by atoms with Crippen molar-refractivity contribution < 1.29 is 14.5 Å². The van der Waals surface area contributed by atoms with Crippen molar-refractivity contribution in [3.8, 4) is 5.75 Å². The van der Waals surface area contributed by atoms with Gasteiger partial charge in [-0.05, 0) is 43.0 Å². The van der Waals surface area contributed by atoms with Crippen molar-refractivity contribution in [3.05, 3.63) is 57.6 Å². The monoisotopic (exact) mass is 385 g/mol. The number of benzene rings is 2.